The summed E-state index contributed by atoms with van der Waals surface area (Å²) in [6.45, 7) is 16.0. The smallest absolute Gasteiger partial charge is 0.164 e. The summed E-state index contributed by atoms with van der Waals surface area (Å²) in [5, 5.41) is 0. The number of benzene rings is 1. The molecule has 0 spiro atoms. The van der Waals surface area contributed by atoms with Gasteiger partial charge in [-0.15, -0.1) is 0 Å². The summed E-state index contributed by atoms with van der Waals surface area (Å²) >= 11 is 0. The number of nitrogens with two attached hydrogens (primary N) is 1. The van der Waals surface area contributed by atoms with Gasteiger partial charge in [0.25, 0.3) is 0 Å². The first kappa shape index (κ1) is 33.8. The fraction of sp³-hybridized carbons (Fsp3) is 0.462. The van der Waals surface area contributed by atoms with Gasteiger partial charge in [0.1, 0.15) is 5.82 Å². The van der Waals surface area contributed by atoms with Crippen molar-refractivity contribution in [2.75, 3.05) is 0 Å². The topological polar surface area (TPSA) is 72.5 Å². The van der Waals surface area contributed by atoms with E-state index in [4.69, 9.17) is 5.73 Å². The Kier molecular flexibility index (Phi) is 13.2. The summed E-state index contributed by atoms with van der Waals surface area (Å²) in [7, 11) is 0. The van der Waals surface area contributed by atoms with Crippen LogP contribution in [0.2, 0.25) is 0 Å². The van der Waals surface area contributed by atoms with Crippen molar-refractivity contribution in [3.05, 3.63) is 94.9 Å². The number of hydrogen-bond donors (Lipinski definition) is 1. The molecule has 2 N–H and O–H groups in total. The van der Waals surface area contributed by atoms with Crippen molar-refractivity contribution in [1.82, 2.24) is 0 Å². The van der Waals surface area contributed by atoms with E-state index in [-0.39, 0.29) is 11.6 Å². The van der Waals surface area contributed by atoms with Crippen LogP contribution in [-0.4, -0.2) is 17.8 Å². The van der Waals surface area contributed by atoms with Crippen LogP contribution in [0.25, 0.3) is 0 Å². The van der Waals surface area contributed by atoms with E-state index in [2.05, 4.69) is 74.2 Å². The lowest BCUT2D eigenvalue weighted by Crippen LogP contribution is -2.16. The molecule has 1 fully saturated rings. The zero-order valence-electron chi connectivity index (χ0n) is 26.8. The molecule has 1 aromatic carbocycles. The van der Waals surface area contributed by atoms with Gasteiger partial charge in [-0.05, 0) is 100 Å². The Hall–Kier alpha value is -3.71. The zero-order valence-corrected chi connectivity index (χ0v) is 26.8. The Bertz CT molecular complexity index is 1360. The highest BCUT2D eigenvalue weighted by Gasteiger charge is 2.26. The monoisotopic (exact) mass is 578 g/mol. The quantitative estimate of drug-likeness (QED) is 0.0742. The van der Waals surface area contributed by atoms with Crippen molar-refractivity contribution >= 4 is 17.8 Å². The average Bonchev–Trinajstić information content (AvgIpc) is 3.80. The second-order valence-corrected chi connectivity index (χ2v) is 12.4. The molecule has 2 aliphatic rings. The highest BCUT2D eigenvalue weighted by Crippen LogP contribution is 2.36. The van der Waals surface area contributed by atoms with Gasteiger partial charge >= 0.3 is 0 Å². The molecule has 1 aromatic rings. The standard InChI is InChI=1S/C39H50N2O2/c1-7-35(42)26-32-24-28(5)23-31(25-32)20-22-34(21-19-30-17-18-30)38(37(27(3)4)39(40)41-8-2)36(43)16-12-13-29(6)33-14-10-9-11-15-33/h7-11,14-15,24,28-31H,1,3,12-13,16-18,20,22-23,25-26,40H2,2,4-6H3/b38-34-,39-37+,41-8-/t28-,29-,31+/m0/s1. The molecule has 0 aromatic heterocycles. The van der Waals surface area contributed by atoms with E-state index in [1.807, 2.05) is 19.9 Å². The molecule has 43 heavy (non-hydrogen) atoms. The van der Waals surface area contributed by atoms with Crippen LogP contribution >= 0.6 is 0 Å². The number of carbonyl (C=O) groups excluding carboxylic acids is 2. The fourth-order valence-corrected chi connectivity index (χ4v) is 6.05. The Morgan fingerprint density at radius 3 is 2.51 bits per heavy atom. The SMILES string of the molecule is C=CC(=O)CC1=C[C@@H](C)C[C@@H](CC\C(C#CC2CC2)=C(C(=O)CCC[C@H](C)c2ccccc2)/C(C(=C)C)=C(N)/N=C\C)C1. The first-order chi connectivity index (χ1) is 20.6. The van der Waals surface area contributed by atoms with Crippen LogP contribution in [0.15, 0.2) is 94.3 Å². The molecule has 0 bridgehead atoms. The first-order valence-corrected chi connectivity index (χ1v) is 15.9. The van der Waals surface area contributed by atoms with Gasteiger partial charge in [0.2, 0.25) is 0 Å². The minimum Gasteiger partial charge on any atom is -0.383 e. The molecule has 0 saturated heterocycles. The van der Waals surface area contributed by atoms with E-state index in [0.717, 1.165) is 50.5 Å². The number of carbonyl (C=O) groups is 2. The van der Waals surface area contributed by atoms with E-state index in [1.54, 1.807) is 6.21 Å². The van der Waals surface area contributed by atoms with Crippen LogP contribution < -0.4 is 5.73 Å². The molecular formula is C39H50N2O2. The van der Waals surface area contributed by atoms with Crippen LogP contribution in [0.4, 0.5) is 0 Å². The van der Waals surface area contributed by atoms with Crippen molar-refractivity contribution < 1.29 is 9.59 Å². The predicted molar refractivity (Wildman–Crippen MR) is 180 cm³/mol. The summed E-state index contributed by atoms with van der Waals surface area (Å²) in [6, 6.07) is 10.4. The maximum atomic E-state index is 14.2. The number of hydrogen-bond acceptors (Lipinski definition) is 4. The number of allylic oxidation sites excluding steroid dienone is 7. The average molecular weight is 579 g/mol. The maximum absolute atomic E-state index is 14.2. The zero-order chi connectivity index (χ0) is 31.4. The molecule has 3 atom stereocenters. The van der Waals surface area contributed by atoms with Crippen LogP contribution in [-0.2, 0) is 9.59 Å². The molecule has 4 heteroatoms. The van der Waals surface area contributed by atoms with Crippen LogP contribution in [0.3, 0.4) is 0 Å². The molecule has 0 unspecified atom stereocenters. The van der Waals surface area contributed by atoms with Gasteiger partial charge in [-0.2, -0.15) is 0 Å². The highest BCUT2D eigenvalue weighted by molar-refractivity contribution is 6.02. The Labute approximate surface area is 260 Å². The molecule has 2 aliphatic carbocycles. The van der Waals surface area contributed by atoms with Gasteiger partial charge in [0.15, 0.2) is 11.6 Å². The lowest BCUT2D eigenvalue weighted by molar-refractivity contribution is -0.115. The van der Waals surface area contributed by atoms with E-state index in [0.29, 0.717) is 65.5 Å². The van der Waals surface area contributed by atoms with Crippen LogP contribution in [0, 0.1) is 29.6 Å². The molecule has 228 valence electrons. The predicted octanol–water partition coefficient (Wildman–Crippen LogP) is 8.97. The number of rotatable bonds is 15. The van der Waals surface area contributed by atoms with Gasteiger partial charge in [0.05, 0.1) is 0 Å². The van der Waals surface area contributed by atoms with E-state index in [9.17, 15) is 9.59 Å². The van der Waals surface area contributed by atoms with Gasteiger partial charge in [-0.3, -0.25) is 9.59 Å². The van der Waals surface area contributed by atoms with E-state index < -0.39 is 0 Å². The summed E-state index contributed by atoms with van der Waals surface area (Å²) < 4.78 is 0. The van der Waals surface area contributed by atoms with Gasteiger partial charge in [-0.25, -0.2) is 4.99 Å². The number of ketones is 2. The Balaban J connectivity index is 1.93. The number of aliphatic imine (C=N–C) groups is 1. The van der Waals surface area contributed by atoms with E-state index in [1.165, 1.54) is 17.2 Å². The van der Waals surface area contributed by atoms with Crippen molar-refractivity contribution in [1.29, 1.82) is 0 Å². The molecular weight excluding hydrogens is 528 g/mol. The molecule has 0 amide bonds. The number of nitrogens with zero attached hydrogens (tertiary/aromatic N) is 1. The summed E-state index contributed by atoms with van der Waals surface area (Å²) in [6.07, 6.45) is 13.6. The summed E-state index contributed by atoms with van der Waals surface area (Å²) in [5.74, 6) is 8.91. The largest absolute Gasteiger partial charge is 0.383 e. The summed E-state index contributed by atoms with van der Waals surface area (Å²) in [5.41, 5.74) is 11.8. The summed E-state index contributed by atoms with van der Waals surface area (Å²) in [4.78, 5) is 30.6. The first-order valence-electron chi connectivity index (χ1n) is 15.9. The second kappa shape index (κ2) is 16.8. The van der Waals surface area contributed by atoms with Crippen molar-refractivity contribution in [3.8, 4) is 11.8 Å². The third-order valence-corrected chi connectivity index (χ3v) is 8.40. The van der Waals surface area contributed by atoms with Gasteiger partial charge in [0, 0.05) is 41.7 Å². The highest BCUT2D eigenvalue weighted by atomic mass is 16.1. The maximum Gasteiger partial charge on any atom is 0.164 e. The molecule has 3 rings (SSSR count). The third kappa shape index (κ3) is 10.8. The van der Waals surface area contributed by atoms with Crippen LogP contribution in [0.1, 0.15) is 103 Å². The van der Waals surface area contributed by atoms with Crippen molar-refractivity contribution in [2.45, 2.75) is 97.8 Å². The lowest BCUT2D eigenvalue weighted by Gasteiger charge is -2.27. The van der Waals surface area contributed by atoms with Crippen molar-refractivity contribution in [2.24, 2.45) is 28.5 Å². The number of Topliss-reactive ketones (excluding diaryl/α,β-unsaturated/α-hetero) is 1. The lowest BCUT2D eigenvalue weighted by atomic mass is 9.78. The molecule has 0 aliphatic heterocycles. The van der Waals surface area contributed by atoms with Gasteiger partial charge in [-0.1, -0.05) is 80.8 Å². The Morgan fingerprint density at radius 2 is 1.88 bits per heavy atom. The molecule has 0 heterocycles. The molecule has 1 saturated carbocycles. The minimum absolute atomic E-state index is 0.0572. The van der Waals surface area contributed by atoms with E-state index >= 15 is 0 Å². The van der Waals surface area contributed by atoms with Crippen LogP contribution in [0.5, 0.6) is 0 Å². The third-order valence-electron chi connectivity index (χ3n) is 8.40. The van der Waals surface area contributed by atoms with Gasteiger partial charge < -0.3 is 5.73 Å². The fourth-order valence-electron chi connectivity index (χ4n) is 6.05. The minimum atomic E-state index is 0.0572. The molecule has 0 radical (unpaired) electrons. The normalized spacial score (nSPS) is 20.2. The Morgan fingerprint density at radius 1 is 1.16 bits per heavy atom. The second-order valence-electron chi connectivity index (χ2n) is 12.4. The van der Waals surface area contributed by atoms with Crippen molar-refractivity contribution in [3.63, 3.8) is 0 Å². The molecule has 4 nitrogen and oxygen atoms in total.